The summed E-state index contributed by atoms with van der Waals surface area (Å²) in [7, 11) is 0. The molecule has 0 saturated carbocycles. The Morgan fingerprint density at radius 3 is 2.91 bits per heavy atom. The summed E-state index contributed by atoms with van der Waals surface area (Å²) < 4.78 is 5.80. The Balaban J connectivity index is 1.46. The third-order valence-electron chi connectivity index (χ3n) is 5.04. The minimum Gasteiger partial charge on any atom is -0.451 e. The third kappa shape index (κ3) is 2.91. The summed E-state index contributed by atoms with van der Waals surface area (Å²) in [6, 6.07) is 11.9. The highest BCUT2D eigenvalue weighted by Gasteiger charge is 2.33. The number of furan rings is 1. The van der Waals surface area contributed by atoms with E-state index < -0.39 is 0 Å². The van der Waals surface area contributed by atoms with Crippen LogP contribution in [0.5, 0.6) is 0 Å². The van der Waals surface area contributed by atoms with E-state index in [0.29, 0.717) is 5.76 Å². The zero-order chi connectivity index (χ0) is 15.8. The summed E-state index contributed by atoms with van der Waals surface area (Å²) in [5, 5.41) is 3.14. The molecule has 3 atom stereocenters. The SMILES string of the molecule is Cc1ccccc1-c1ccc(C(=O)N[C@@H]2C[C@H]3CCN(C3)C2)o1. The Kier molecular flexibility index (Phi) is 3.69. The number of carbonyl (C=O) groups is 1. The molecule has 2 aromatic rings. The zero-order valence-electron chi connectivity index (χ0n) is 13.4. The van der Waals surface area contributed by atoms with Gasteiger partial charge in [-0.05, 0) is 49.9 Å². The van der Waals surface area contributed by atoms with Crippen molar-refractivity contribution < 1.29 is 9.21 Å². The van der Waals surface area contributed by atoms with E-state index in [1.165, 1.54) is 19.5 Å². The van der Waals surface area contributed by atoms with Gasteiger partial charge in [0.15, 0.2) is 5.76 Å². The average Bonchev–Trinajstić information content (AvgIpc) is 3.15. The van der Waals surface area contributed by atoms with Gasteiger partial charge >= 0.3 is 0 Å². The van der Waals surface area contributed by atoms with Crippen molar-refractivity contribution in [1.82, 2.24) is 10.2 Å². The number of benzene rings is 1. The molecule has 120 valence electrons. The van der Waals surface area contributed by atoms with Gasteiger partial charge < -0.3 is 14.6 Å². The van der Waals surface area contributed by atoms with Gasteiger partial charge in [-0.15, -0.1) is 0 Å². The Morgan fingerprint density at radius 2 is 2.09 bits per heavy atom. The first kappa shape index (κ1) is 14.5. The molecule has 4 nitrogen and oxygen atoms in total. The average molecular weight is 310 g/mol. The first-order valence-electron chi connectivity index (χ1n) is 8.38. The van der Waals surface area contributed by atoms with Gasteiger partial charge in [-0.2, -0.15) is 0 Å². The number of fused-ring (bicyclic) bond motifs is 2. The standard InChI is InChI=1S/C19H22N2O2/c1-13-4-2-3-5-16(13)17-6-7-18(23-17)19(22)20-15-10-14-8-9-21(11-14)12-15/h2-7,14-15H,8-12H2,1H3,(H,20,22)/t14-,15-/m1/s1. The molecule has 1 aromatic carbocycles. The number of piperidine rings is 1. The first-order valence-corrected chi connectivity index (χ1v) is 8.38. The van der Waals surface area contributed by atoms with Gasteiger partial charge in [-0.1, -0.05) is 24.3 Å². The van der Waals surface area contributed by atoms with E-state index >= 15 is 0 Å². The van der Waals surface area contributed by atoms with Crippen LogP contribution >= 0.6 is 0 Å². The topological polar surface area (TPSA) is 45.5 Å². The van der Waals surface area contributed by atoms with Gasteiger partial charge in [0.1, 0.15) is 5.76 Å². The predicted octanol–water partition coefficient (Wildman–Crippen LogP) is 3.08. The lowest BCUT2D eigenvalue weighted by atomic mass is 9.97. The molecule has 4 rings (SSSR count). The van der Waals surface area contributed by atoms with Crippen molar-refractivity contribution >= 4 is 5.91 Å². The number of carbonyl (C=O) groups excluding carboxylic acids is 1. The maximum absolute atomic E-state index is 12.5. The minimum atomic E-state index is -0.0997. The van der Waals surface area contributed by atoms with Crippen LogP contribution < -0.4 is 5.32 Å². The highest BCUT2D eigenvalue weighted by atomic mass is 16.3. The zero-order valence-corrected chi connectivity index (χ0v) is 13.4. The van der Waals surface area contributed by atoms with Crippen LogP contribution in [0.15, 0.2) is 40.8 Å². The fraction of sp³-hybridized carbons (Fsp3) is 0.421. The lowest BCUT2D eigenvalue weighted by Gasteiger charge is -2.30. The molecule has 23 heavy (non-hydrogen) atoms. The molecule has 2 saturated heterocycles. The van der Waals surface area contributed by atoms with Crippen LogP contribution in [0.4, 0.5) is 0 Å². The van der Waals surface area contributed by atoms with E-state index in [-0.39, 0.29) is 11.9 Å². The van der Waals surface area contributed by atoms with Crippen LogP contribution in [0.3, 0.4) is 0 Å². The number of hydrogen-bond acceptors (Lipinski definition) is 3. The largest absolute Gasteiger partial charge is 0.451 e. The van der Waals surface area contributed by atoms with Gasteiger partial charge in [0.2, 0.25) is 0 Å². The highest BCUT2D eigenvalue weighted by Crippen LogP contribution is 2.28. The maximum Gasteiger partial charge on any atom is 0.287 e. The second-order valence-electron chi connectivity index (χ2n) is 6.80. The number of rotatable bonds is 3. The number of nitrogens with zero attached hydrogens (tertiary/aromatic N) is 1. The maximum atomic E-state index is 12.5. The van der Waals surface area contributed by atoms with Crippen molar-refractivity contribution in [2.24, 2.45) is 5.92 Å². The van der Waals surface area contributed by atoms with Crippen LogP contribution in [0.25, 0.3) is 11.3 Å². The summed E-state index contributed by atoms with van der Waals surface area (Å²) >= 11 is 0. The quantitative estimate of drug-likeness (QED) is 0.947. The lowest BCUT2D eigenvalue weighted by Crippen LogP contribution is -2.46. The van der Waals surface area contributed by atoms with Crippen molar-refractivity contribution in [1.29, 1.82) is 0 Å². The fourth-order valence-corrected chi connectivity index (χ4v) is 3.87. The molecule has 2 aliphatic heterocycles. The molecule has 0 radical (unpaired) electrons. The predicted molar refractivity (Wildman–Crippen MR) is 89.3 cm³/mol. The Morgan fingerprint density at radius 1 is 1.22 bits per heavy atom. The van der Waals surface area contributed by atoms with E-state index in [2.05, 4.69) is 10.2 Å². The number of amides is 1. The third-order valence-corrected chi connectivity index (χ3v) is 5.04. The lowest BCUT2D eigenvalue weighted by molar-refractivity contribution is 0.0882. The van der Waals surface area contributed by atoms with Crippen LogP contribution in [-0.2, 0) is 0 Å². The minimum absolute atomic E-state index is 0.0997. The molecule has 0 aliphatic carbocycles. The monoisotopic (exact) mass is 310 g/mol. The van der Waals surface area contributed by atoms with Gasteiger partial charge in [0.25, 0.3) is 5.91 Å². The van der Waals surface area contributed by atoms with Gasteiger partial charge in [0.05, 0.1) is 0 Å². The molecule has 1 unspecified atom stereocenters. The molecule has 4 heteroatoms. The van der Waals surface area contributed by atoms with Crippen molar-refractivity contribution in [3.05, 3.63) is 47.7 Å². The van der Waals surface area contributed by atoms with Crippen LogP contribution in [0, 0.1) is 12.8 Å². The Bertz CT molecular complexity index is 710. The fourth-order valence-electron chi connectivity index (χ4n) is 3.87. The highest BCUT2D eigenvalue weighted by molar-refractivity contribution is 5.92. The van der Waals surface area contributed by atoms with Crippen molar-refractivity contribution in [3.8, 4) is 11.3 Å². The molecule has 1 aromatic heterocycles. The summed E-state index contributed by atoms with van der Waals surface area (Å²) in [5.41, 5.74) is 2.18. The van der Waals surface area contributed by atoms with Gasteiger partial charge in [-0.25, -0.2) is 0 Å². The second kappa shape index (κ2) is 5.85. The molecule has 2 bridgehead atoms. The van der Waals surface area contributed by atoms with Gasteiger partial charge in [0, 0.05) is 24.7 Å². The second-order valence-corrected chi connectivity index (χ2v) is 6.80. The number of aryl methyl sites for hydroxylation is 1. The molecule has 1 N–H and O–H groups in total. The van der Waals surface area contributed by atoms with E-state index in [0.717, 1.165) is 35.8 Å². The number of hydrogen-bond donors (Lipinski definition) is 1. The molecular weight excluding hydrogens is 288 g/mol. The normalized spacial score (nSPS) is 26.2. The van der Waals surface area contributed by atoms with Crippen molar-refractivity contribution in [2.45, 2.75) is 25.8 Å². The van der Waals surface area contributed by atoms with E-state index in [4.69, 9.17) is 4.42 Å². The smallest absolute Gasteiger partial charge is 0.287 e. The van der Waals surface area contributed by atoms with Crippen molar-refractivity contribution in [2.75, 3.05) is 19.6 Å². The molecular formula is C19H22N2O2. The Hall–Kier alpha value is -2.07. The summed E-state index contributed by atoms with van der Waals surface area (Å²) in [6.45, 7) is 5.39. The van der Waals surface area contributed by atoms with Crippen LogP contribution in [0.1, 0.15) is 29.0 Å². The van der Waals surface area contributed by atoms with E-state index in [9.17, 15) is 4.79 Å². The van der Waals surface area contributed by atoms with Crippen molar-refractivity contribution in [3.63, 3.8) is 0 Å². The van der Waals surface area contributed by atoms with E-state index in [1.54, 1.807) is 6.07 Å². The Labute approximate surface area is 136 Å². The summed E-state index contributed by atoms with van der Waals surface area (Å²) in [4.78, 5) is 14.9. The van der Waals surface area contributed by atoms with Crippen LogP contribution in [-0.4, -0.2) is 36.5 Å². The molecule has 2 fully saturated rings. The molecule has 0 spiro atoms. The van der Waals surface area contributed by atoms with Crippen LogP contribution in [0.2, 0.25) is 0 Å². The summed E-state index contributed by atoms with van der Waals surface area (Å²) in [6.07, 6.45) is 2.36. The molecule has 1 amide bonds. The van der Waals surface area contributed by atoms with E-state index in [1.807, 2.05) is 37.3 Å². The molecule has 2 aliphatic rings. The molecule has 3 heterocycles. The number of nitrogens with one attached hydrogen (secondary N) is 1. The van der Waals surface area contributed by atoms with Gasteiger partial charge in [-0.3, -0.25) is 4.79 Å². The summed E-state index contributed by atoms with van der Waals surface area (Å²) in [5.74, 6) is 1.79. The first-order chi connectivity index (χ1) is 11.2.